The van der Waals surface area contributed by atoms with Gasteiger partial charge in [0.1, 0.15) is 5.83 Å². The lowest BCUT2D eigenvalue weighted by molar-refractivity contribution is -0.299. The fraction of sp³-hybridized carbons (Fsp3) is 0. The van der Waals surface area contributed by atoms with E-state index in [4.69, 9.17) is 11.6 Å². The molecule has 0 saturated carbocycles. The van der Waals surface area contributed by atoms with Gasteiger partial charge in [0.2, 0.25) is 0 Å². The SMILES string of the molecule is O=C([O-])/C=C(F)\C=C(\Cl)C(=O)[O-]. The van der Waals surface area contributed by atoms with Crippen LogP contribution in [0.3, 0.4) is 0 Å². The molecular weight excluding hydrogens is 191 g/mol. The summed E-state index contributed by atoms with van der Waals surface area (Å²) in [6.07, 6.45) is 0.359. The maximum Gasteiger partial charge on any atom is 0.126 e. The van der Waals surface area contributed by atoms with Crippen LogP contribution in [0.4, 0.5) is 4.39 Å². The third kappa shape index (κ3) is 4.45. The molecule has 0 rings (SSSR count). The van der Waals surface area contributed by atoms with E-state index in [9.17, 15) is 24.2 Å². The summed E-state index contributed by atoms with van der Waals surface area (Å²) in [6, 6.07) is 0. The average Bonchev–Trinajstić information content (AvgIpc) is 1.84. The van der Waals surface area contributed by atoms with Gasteiger partial charge in [-0.15, -0.1) is 0 Å². The molecule has 6 heteroatoms. The number of rotatable bonds is 3. The van der Waals surface area contributed by atoms with Crippen molar-refractivity contribution in [1.29, 1.82) is 0 Å². The molecule has 0 radical (unpaired) electrons. The van der Waals surface area contributed by atoms with Gasteiger partial charge in [-0.05, 0) is 12.2 Å². The number of allylic oxidation sites excluding steroid dienone is 2. The largest absolute Gasteiger partial charge is 0.545 e. The molecule has 0 aromatic carbocycles. The Labute approximate surface area is 71.6 Å². The summed E-state index contributed by atoms with van der Waals surface area (Å²) in [5.74, 6) is -4.91. The highest BCUT2D eigenvalue weighted by Gasteiger charge is 1.95. The minimum atomic E-state index is -1.79. The smallest absolute Gasteiger partial charge is 0.126 e. The molecule has 0 N–H and O–H groups in total. The Hall–Kier alpha value is -1.36. The number of carboxylic acids is 2. The predicted molar refractivity (Wildman–Crippen MR) is 33.1 cm³/mol. The van der Waals surface area contributed by atoms with E-state index < -0.39 is 22.8 Å². The van der Waals surface area contributed by atoms with Gasteiger partial charge in [0.05, 0.1) is 17.0 Å². The number of carbonyl (C=O) groups is 2. The lowest BCUT2D eigenvalue weighted by Gasteiger charge is -1.97. The maximum absolute atomic E-state index is 12.3. The Morgan fingerprint density at radius 2 is 1.75 bits per heavy atom. The number of aliphatic carboxylic acids is 2. The van der Waals surface area contributed by atoms with Gasteiger partial charge in [-0.1, -0.05) is 11.6 Å². The van der Waals surface area contributed by atoms with Crippen LogP contribution in [0.1, 0.15) is 0 Å². The molecule has 0 aromatic heterocycles. The van der Waals surface area contributed by atoms with Crippen molar-refractivity contribution in [3.05, 3.63) is 23.0 Å². The van der Waals surface area contributed by atoms with Crippen molar-refractivity contribution in [2.75, 3.05) is 0 Å². The molecule has 0 amide bonds. The number of hydrogen-bond acceptors (Lipinski definition) is 4. The van der Waals surface area contributed by atoms with Crippen molar-refractivity contribution in [3.8, 4) is 0 Å². The first kappa shape index (κ1) is 10.6. The molecule has 0 heterocycles. The van der Waals surface area contributed by atoms with Crippen LogP contribution in [0.2, 0.25) is 0 Å². The molecular formula is C6H2ClFO4-2. The van der Waals surface area contributed by atoms with Gasteiger partial charge in [-0.2, -0.15) is 0 Å². The van der Waals surface area contributed by atoms with E-state index in [0.29, 0.717) is 6.08 Å². The van der Waals surface area contributed by atoms with Crippen molar-refractivity contribution in [3.63, 3.8) is 0 Å². The highest BCUT2D eigenvalue weighted by Crippen LogP contribution is 2.06. The van der Waals surface area contributed by atoms with E-state index >= 15 is 0 Å². The fourth-order valence-corrected chi connectivity index (χ4v) is 0.438. The standard InChI is InChI=1S/C6H4ClFO4/c7-4(6(11)12)1-3(8)2-5(9)10/h1-2H,(H,9,10)(H,11,12)/p-2/b3-2+,4-1+. The van der Waals surface area contributed by atoms with Crippen LogP contribution in [0.5, 0.6) is 0 Å². The summed E-state index contributed by atoms with van der Waals surface area (Å²) in [4.78, 5) is 19.6. The molecule has 0 saturated heterocycles. The third-order valence-corrected chi connectivity index (χ3v) is 0.979. The van der Waals surface area contributed by atoms with E-state index in [1.807, 2.05) is 0 Å². The summed E-state index contributed by atoms with van der Waals surface area (Å²) in [7, 11) is 0. The zero-order valence-electron chi connectivity index (χ0n) is 5.54. The van der Waals surface area contributed by atoms with Crippen molar-refractivity contribution in [1.82, 2.24) is 0 Å². The van der Waals surface area contributed by atoms with Gasteiger partial charge in [0, 0.05) is 0 Å². The molecule has 0 fully saturated rings. The van der Waals surface area contributed by atoms with Gasteiger partial charge in [-0.25, -0.2) is 4.39 Å². The van der Waals surface area contributed by atoms with Crippen molar-refractivity contribution < 1.29 is 24.2 Å². The zero-order valence-corrected chi connectivity index (χ0v) is 6.30. The highest BCUT2D eigenvalue weighted by molar-refractivity contribution is 6.40. The first-order valence-electron chi connectivity index (χ1n) is 2.60. The third-order valence-electron chi connectivity index (χ3n) is 0.715. The van der Waals surface area contributed by atoms with Crippen molar-refractivity contribution >= 4 is 23.5 Å². The number of carbonyl (C=O) groups excluding carboxylic acids is 2. The topological polar surface area (TPSA) is 80.3 Å². The van der Waals surface area contributed by atoms with Crippen LogP contribution in [-0.2, 0) is 9.59 Å². The van der Waals surface area contributed by atoms with Gasteiger partial charge in [-0.3, -0.25) is 0 Å². The maximum atomic E-state index is 12.3. The Balaban J connectivity index is 4.54. The molecule has 0 atom stereocenters. The van der Waals surface area contributed by atoms with Gasteiger partial charge < -0.3 is 19.8 Å². The second kappa shape index (κ2) is 4.50. The summed E-state index contributed by atoms with van der Waals surface area (Å²) in [6.45, 7) is 0. The van der Waals surface area contributed by atoms with Gasteiger partial charge in [0.25, 0.3) is 0 Å². The molecule has 0 unspecified atom stereocenters. The average molecular weight is 193 g/mol. The van der Waals surface area contributed by atoms with Crippen molar-refractivity contribution in [2.24, 2.45) is 0 Å². The quantitative estimate of drug-likeness (QED) is 0.401. The second-order valence-corrected chi connectivity index (χ2v) is 2.04. The zero-order chi connectivity index (χ0) is 9.72. The van der Waals surface area contributed by atoms with Crippen molar-refractivity contribution in [2.45, 2.75) is 0 Å². The summed E-state index contributed by atoms with van der Waals surface area (Å²) in [5.41, 5.74) is 0. The summed E-state index contributed by atoms with van der Waals surface area (Å²) >= 11 is 4.90. The molecule has 0 aromatic rings. The van der Waals surface area contributed by atoms with E-state index in [1.165, 1.54) is 0 Å². The van der Waals surface area contributed by atoms with Crippen LogP contribution in [-0.4, -0.2) is 11.9 Å². The minimum absolute atomic E-state index is 0.0608. The first-order chi connectivity index (χ1) is 5.43. The monoisotopic (exact) mass is 192 g/mol. The Morgan fingerprint density at radius 3 is 2.08 bits per heavy atom. The van der Waals surface area contributed by atoms with Crippen LogP contribution < -0.4 is 10.2 Å². The highest BCUT2D eigenvalue weighted by atomic mass is 35.5. The molecule has 12 heavy (non-hydrogen) atoms. The predicted octanol–water partition coefficient (Wildman–Crippen LogP) is -1.54. The van der Waals surface area contributed by atoms with Gasteiger partial charge >= 0.3 is 0 Å². The number of halogens is 2. The Morgan fingerprint density at radius 1 is 1.25 bits per heavy atom. The van der Waals surface area contributed by atoms with Crippen LogP contribution >= 0.6 is 11.6 Å². The molecule has 0 aliphatic rings. The first-order valence-corrected chi connectivity index (χ1v) is 2.98. The summed E-state index contributed by atoms with van der Waals surface area (Å²) in [5, 5.41) is 18.6. The molecule has 0 aliphatic carbocycles. The van der Waals surface area contributed by atoms with E-state index in [0.717, 1.165) is 0 Å². The lowest BCUT2D eigenvalue weighted by Crippen LogP contribution is -2.22. The van der Waals surface area contributed by atoms with E-state index in [2.05, 4.69) is 0 Å². The van der Waals surface area contributed by atoms with Gasteiger partial charge in [0.15, 0.2) is 0 Å². The van der Waals surface area contributed by atoms with E-state index in [1.54, 1.807) is 0 Å². The van der Waals surface area contributed by atoms with Crippen LogP contribution in [0, 0.1) is 0 Å². The Kier molecular flexibility index (Phi) is 3.99. The fourth-order valence-electron chi connectivity index (χ4n) is 0.334. The molecule has 0 aliphatic heterocycles. The van der Waals surface area contributed by atoms with Crippen LogP contribution in [0.25, 0.3) is 0 Å². The number of carboxylic acid groups (broad SMARTS) is 2. The molecule has 0 spiro atoms. The summed E-state index contributed by atoms with van der Waals surface area (Å²) < 4.78 is 12.3. The van der Waals surface area contributed by atoms with E-state index in [-0.39, 0.29) is 6.08 Å². The molecule has 0 bridgehead atoms. The van der Waals surface area contributed by atoms with Crippen LogP contribution in [0.15, 0.2) is 23.0 Å². The normalized spacial score (nSPS) is 12.8. The molecule has 4 nitrogen and oxygen atoms in total. The minimum Gasteiger partial charge on any atom is -0.545 e. The Bertz CT molecular complexity index is 269. The lowest BCUT2D eigenvalue weighted by atomic mass is 10.4. The second-order valence-electron chi connectivity index (χ2n) is 1.63. The molecule has 66 valence electrons. The number of hydrogen-bond donors (Lipinski definition) is 0.